The zero-order chi connectivity index (χ0) is 11.5. The fourth-order valence-electron chi connectivity index (χ4n) is 2.48. The second kappa shape index (κ2) is 5.33. The summed E-state index contributed by atoms with van der Waals surface area (Å²) in [5.41, 5.74) is 4.22. The van der Waals surface area contributed by atoms with Gasteiger partial charge in [0.05, 0.1) is 0 Å². The maximum absolute atomic E-state index is 3.70. The fourth-order valence-corrected chi connectivity index (χ4v) is 2.89. The minimum Gasteiger partial charge on any atom is -0.299 e. The second-order valence-electron chi connectivity index (χ2n) is 4.95. The molecule has 0 spiro atoms. The topological polar surface area (TPSA) is 3.24 Å². The minimum atomic E-state index is 0.739. The van der Waals surface area contributed by atoms with Gasteiger partial charge in [-0.15, -0.1) is 0 Å². The molecule has 0 atom stereocenters. The van der Waals surface area contributed by atoms with Gasteiger partial charge in [0.15, 0.2) is 0 Å². The molecule has 1 aromatic rings. The highest BCUT2D eigenvalue weighted by Crippen LogP contribution is 2.19. The van der Waals surface area contributed by atoms with E-state index in [0.717, 1.165) is 11.4 Å². The minimum absolute atomic E-state index is 0.739. The zero-order valence-electron chi connectivity index (χ0n) is 10.2. The lowest BCUT2D eigenvalue weighted by atomic mass is 10.1. The third-order valence-corrected chi connectivity index (χ3v) is 4.12. The molecule has 1 aromatic carbocycles. The Morgan fingerprint density at radius 2 is 1.69 bits per heavy atom. The van der Waals surface area contributed by atoms with Crippen molar-refractivity contribution in [3.8, 4) is 0 Å². The largest absolute Gasteiger partial charge is 0.299 e. The van der Waals surface area contributed by atoms with Crippen LogP contribution < -0.4 is 0 Å². The first-order valence-corrected chi connectivity index (χ1v) is 6.98. The Kier molecular flexibility index (Phi) is 4.04. The van der Waals surface area contributed by atoms with Crippen LogP contribution in [0.2, 0.25) is 0 Å². The number of benzene rings is 1. The van der Waals surface area contributed by atoms with Crippen LogP contribution in [0.5, 0.6) is 0 Å². The Hall–Kier alpha value is -0.340. The van der Waals surface area contributed by atoms with Crippen LogP contribution in [0.15, 0.2) is 18.2 Å². The van der Waals surface area contributed by atoms with Gasteiger partial charge < -0.3 is 0 Å². The van der Waals surface area contributed by atoms with E-state index >= 15 is 0 Å². The van der Waals surface area contributed by atoms with Crippen LogP contribution >= 0.6 is 15.9 Å². The zero-order valence-corrected chi connectivity index (χ0v) is 11.8. The first-order chi connectivity index (χ1) is 7.63. The highest BCUT2D eigenvalue weighted by Gasteiger charge is 2.16. The number of nitrogens with zero attached hydrogens (tertiary/aromatic N) is 1. The van der Waals surface area contributed by atoms with Gasteiger partial charge in [-0.25, -0.2) is 0 Å². The molecular weight excluding hydrogens is 262 g/mol. The molecule has 0 aliphatic carbocycles. The summed E-state index contributed by atoms with van der Waals surface area (Å²) in [7, 11) is 0. The summed E-state index contributed by atoms with van der Waals surface area (Å²) >= 11 is 3.70. The first-order valence-electron chi connectivity index (χ1n) is 6.07. The van der Waals surface area contributed by atoms with Gasteiger partial charge in [0, 0.05) is 11.4 Å². The number of halogens is 1. The predicted molar refractivity (Wildman–Crippen MR) is 73.1 cm³/mol. The molecule has 0 aromatic heterocycles. The molecule has 2 rings (SSSR count). The van der Waals surface area contributed by atoms with Crippen molar-refractivity contribution in [1.82, 2.24) is 4.90 Å². The van der Waals surface area contributed by atoms with Crippen LogP contribution in [0.25, 0.3) is 0 Å². The molecule has 0 radical (unpaired) electrons. The Morgan fingerprint density at radius 3 is 2.25 bits per heavy atom. The van der Waals surface area contributed by atoms with Crippen molar-refractivity contribution in [2.45, 2.75) is 38.1 Å². The molecule has 0 unspecified atom stereocenters. The molecule has 0 saturated carbocycles. The number of hydrogen-bond acceptors (Lipinski definition) is 1. The summed E-state index contributed by atoms with van der Waals surface area (Å²) in [6.45, 7) is 7.93. The van der Waals surface area contributed by atoms with Gasteiger partial charge in [-0.05, 0) is 45.3 Å². The lowest BCUT2D eigenvalue weighted by Crippen LogP contribution is -2.33. The van der Waals surface area contributed by atoms with Crippen LogP contribution in [0.4, 0.5) is 0 Å². The number of rotatable bonds is 2. The quantitative estimate of drug-likeness (QED) is 0.748. The van der Waals surface area contributed by atoms with E-state index in [2.05, 4.69) is 52.9 Å². The molecule has 88 valence electrons. The summed E-state index contributed by atoms with van der Waals surface area (Å²) in [6, 6.07) is 6.87. The third kappa shape index (κ3) is 3.33. The summed E-state index contributed by atoms with van der Waals surface area (Å²) in [4.78, 5) is 3.30. The monoisotopic (exact) mass is 281 g/mol. The highest BCUT2D eigenvalue weighted by atomic mass is 79.9. The Morgan fingerprint density at radius 1 is 1.12 bits per heavy atom. The predicted octanol–water partition coefficient (Wildman–Crippen LogP) is 3.66. The summed E-state index contributed by atoms with van der Waals surface area (Å²) < 4.78 is 0. The number of piperidine rings is 1. The van der Waals surface area contributed by atoms with E-state index in [0.29, 0.717) is 0 Å². The van der Waals surface area contributed by atoms with Gasteiger partial charge in [0.2, 0.25) is 0 Å². The van der Waals surface area contributed by atoms with Crippen molar-refractivity contribution in [2.24, 2.45) is 0 Å². The third-order valence-electron chi connectivity index (χ3n) is 3.20. The normalized spacial score (nSPS) is 18.9. The summed E-state index contributed by atoms with van der Waals surface area (Å²) in [6.07, 6.45) is 2.57. The summed E-state index contributed by atoms with van der Waals surface area (Å²) in [5.74, 6) is 0. The molecule has 0 bridgehead atoms. The first kappa shape index (κ1) is 12.1. The Labute approximate surface area is 107 Å². The van der Waals surface area contributed by atoms with Crippen LogP contribution in [-0.2, 0) is 6.54 Å². The Bertz CT molecular complexity index is 334. The van der Waals surface area contributed by atoms with Gasteiger partial charge in [-0.2, -0.15) is 0 Å². The number of alkyl halides is 1. The molecule has 16 heavy (non-hydrogen) atoms. The summed E-state index contributed by atoms with van der Waals surface area (Å²) in [5, 5.41) is 0. The number of likely N-dealkylation sites (tertiary alicyclic amines) is 1. The van der Waals surface area contributed by atoms with E-state index in [9.17, 15) is 0 Å². The maximum Gasteiger partial charge on any atom is 0.0233 e. The van der Waals surface area contributed by atoms with Gasteiger partial charge in [-0.3, -0.25) is 4.90 Å². The van der Waals surface area contributed by atoms with Crippen molar-refractivity contribution in [3.05, 3.63) is 34.9 Å². The smallest absolute Gasteiger partial charge is 0.0233 e. The standard InChI is InChI=1S/C14H20BrN/c1-11-7-12(2)9-13(8-11)10-16-5-3-14(15)4-6-16/h7-9,14H,3-6,10H2,1-2H3. The molecule has 1 fully saturated rings. The van der Waals surface area contributed by atoms with E-state index in [1.165, 1.54) is 42.6 Å². The molecule has 0 amide bonds. The van der Waals surface area contributed by atoms with Gasteiger partial charge >= 0.3 is 0 Å². The van der Waals surface area contributed by atoms with Gasteiger partial charge in [0.1, 0.15) is 0 Å². The van der Waals surface area contributed by atoms with Crippen LogP contribution in [0.1, 0.15) is 29.5 Å². The van der Waals surface area contributed by atoms with E-state index in [4.69, 9.17) is 0 Å². The van der Waals surface area contributed by atoms with E-state index in [1.54, 1.807) is 0 Å². The lowest BCUT2D eigenvalue weighted by Gasteiger charge is -2.29. The molecule has 1 aliphatic heterocycles. The second-order valence-corrected chi connectivity index (χ2v) is 6.24. The average molecular weight is 282 g/mol. The Balaban J connectivity index is 1.98. The van der Waals surface area contributed by atoms with E-state index in [-0.39, 0.29) is 0 Å². The van der Waals surface area contributed by atoms with Crippen molar-refractivity contribution >= 4 is 15.9 Å². The van der Waals surface area contributed by atoms with Crippen LogP contribution in [0.3, 0.4) is 0 Å². The molecule has 1 aliphatic rings. The van der Waals surface area contributed by atoms with E-state index in [1.807, 2.05) is 0 Å². The maximum atomic E-state index is 3.70. The molecule has 2 heteroatoms. The van der Waals surface area contributed by atoms with Gasteiger partial charge in [0.25, 0.3) is 0 Å². The van der Waals surface area contributed by atoms with Crippen molar-refractivity contribution < 1.29 is 0 Å². The van der Waals surface area contributed by atoms with Crippen molar-refractivity contribution in [2.75, 3.05) is 13.1 Å². The lowest BCUT2D eigenvalue weighted by molar-refractivity contribution is 0.226. The molecule has 0 N–H and O–H groups in total. The molecule has 1 nitrogen and oxygen atoms in total. The number of hydrogen-bond donors (Lipinski definition) is 0. The SMILES string of the molecule is Cc1cc(C)cc(CN2CCC(Br)CC2)c1. The fraction of sp³-hybridized carbons (Fsp3) is 0.571. The van der Waals surface area contributed by atoms with Crippen LogP contribution in [-0.4, -0.2) is 22.8 Å². The van der Waals surface area contributed by atoms with Crippen molar-refractivity contribution in [1.29, 1.82) is 0 Å². The average Bonchev–Trinajstić information content (AvgIpc) is 2.20. The van der Waals surface area contributed by atoms with Gasteiger partial charge in [-0.1, -0.05) is 45.3 Å². The molecule has 1 heterocycles. The van der Waals surface area contributed by atoms with E-state index < -0.39 is 0 Å². The molecule has 1 saturated heterocycles. The number of aryl methyl sites for hydroxylation is 2. The highest BCUT2D eigenvalue weighted by molar-refractivity contribution is 9.09. The molecular formula is C14H20BrN. The van der Waals surface area contributed by atoms with Crippen LogP contribution in [0, 0.1) is 13.8 Å². The van der Waals surface area contributed by atoms with Crippen molar-refractivity contribution in [3.63, 3.8) is 0 Å².